The van der Waals surface area contributed by atoms with Crippen molar-refractivity contribution in [2.75, 3.05) is 13.2 Å². The third-order valence-electron chi connectivity index (χ3n) is 3.56. The summed E-state index contributed by atoms with van der Waals surface area (Å²) in [6.45, 7) is 11.9. The second-order valence-corrected chi connectivity index (χ2v) is 7.53. The molecule has 0 aromatic heterocycles. The summed E-state index contributed by atoms with van der Waals surface area (Å²) in [5, 5.41) is 13.6. The number of aliphatic hydroxyl groups is 1. The van der Waals surface area contributed by atoms with Gasteiger partial charge in [-0.25, -0.2) is 0 Å². The zero-order valence-corrected chi connectivity index (χ0v) is 14.3. The van der Waals surface area contributed by atoms with E-state index in [0.717, 1.165) is 19.4 Å². The maximum Gasteiger partial charge on any atom is 0.0611 e. The molecule has 2 atom stereocenters. The van der Waals surface area contributed by atoms with E-state index in [1.807, 2.05) is 11.8 Å². The molecule has 0 aliphatic carbocycles. The molecule has 0 amide bonds. The Labute approximate surface area is 128 Å². The molecule has 0 saturated heterocycles. The molecule has 1 rings (SSSR count). The van der Waals surface area contributed by atoms with Gasteiger partial charge in [-0.1, -0.05) is 31.5 Å². The Bertz CT molecular complexity index is 421. The van der Waals surface area contributed by atoms with Crippen LogP contribution >= 0.6 is 11.8 Å². The zero-order chi connectivity index (χ0) is 15.2. The first-order valence-corrected chi connectivity index (χ1v) is 8.38. The smallest absolute Gasteiger partial charge is 0.0611 e. The fourth-order valence-electron chi connectivity index (χ4n) is 2.35. The van der Waals surface area contributed by atoms with E-state index < -0.39 is 0 Å². The maximum atomic E-state index is 9.65. The predicted molar refractivity (Wildman–Crippen MR) is 89.6 cm³/mol. The summed E-state index contributed by atoms with van der Waals surface area (Å²) in [7, 11) is 0. The Morgan fingerprint density at radius 3 is 2.65 bits per heavy atom. The lowest BCUT2D eigenvalue weighted by molar-refractivity contribution is 0.166. The van der Waals surface area contributed by atoms with Crippen LogP contribution in [0.2, 0.25) is 0 Å². The summed E-state index contributed by atoms with van der Waals surface area (Å²) in [5.74, 6) is 0. The Morgan fingerprint density at radius 1 is 1.35 bits per heavy atom. The maximum absolute atomic E-state index is 9.65. The highest BCUT2D eigenvalue weighted by Crippen LogP contribution is 2.31. The minimum Gasteiger partial charge on any atom is -0.394 e. The molecule has 0 spiro atoms. The molecule has 1 aromatic carbocycles. The Balaban J connectivity index is 2.65. The molecule has 2 nitrogen and oxygen atoms in total. The first kappa shape index (κ1) is 17.5. The second kappa shape index (κ2) is 8.06. The molecular weight excluding hydrogens is 266 g/mol. The number of rotatable bonds is 8. The fraction of sp³-hybridized carbons (Fsp3) is 0.647. The summed E-state index contributed by atoms with van der Waals surface area (Å²) < 4.78 is 0. The summed E-state index contributed by atoms with van der Waals surface area (Å²) in [6, 6.07) is 6.60. The van der Waals surface area contributed by atoms with Crippen LogP contribution in [0.4, 0.5) is 0 Å². The lowest BCUT2D eigenvalue weighted by Crippen LogP contribution is -2.47. The number of hydrogen-bond acceptors (Lipinski definition) is 3. The first-order chi connectivity index (χ1) is 9.40. The van der Waals surface area contributed by atoms with Crippen LogP contribution < -0.4 is 5.32 Å². The highest BCUT2D eigenvalue weighted by molar-refractivity contribution is 8.00. The van der Waals surface area contributed by atoms with Crippen LogP contribution in [0.25, 0.3) is 0 Å². The first-order valence-electron chi connectivity index (χ1n) is 7.50. The zero-order valence-electron chi connectivity index (χ0n) is 13.5. The molecular formula is C17H29NOS. The molecule has 3 heteroatoms. The lowest BCUT2D eigenvalue weighted by atomic mass is 9.97. The van der Waals surface area contributed by atoms with Crippen LogP contribution in [0.15, 0.2) is 23.1 Å². The molecule has 0 fully saturated rings. The van der Waals surface area contributed by atoms with Crippen LogP contribution in [0.5, 0.6) is 0 Å². The molecule has 114 valence electrons. The van der Waals surface area contributed by atoms with Crippen molar-refractivity contribution >= 4 is 11.8 Å². The van der Waals surface area contributed by atoms with Crippen molar-refractivity contribution in [1.29, 1.82) is 0 Å². The Kier molecular flexibility index (Phi) is 7.07. The molecule has 20 heavy (non-hydrogen) atoms. The minimum absolute atomic E-state index is 0.180. The van der Waals surface area contributed by atoms with E-state index in [2.05, 4.69) is 58.1 Å². The van der Waals surface area contributed by atoms with Crippen LogP contribution in [0.1, 0.15) is 44.7 Å². The van der Waals surface area contributed by atoms with Gasteiger partial charge in [0.1, 0.15) is 0 Å². The monoisotopic (exact) mass is 295 g/mol. The van der Waals surface area contributed by atoms with Gasteiger partial charge in [0.15, 0.2) is 0 Å². The molecule has 1 aromatic rings. The minimum atomic E-state index is -0.180. The predicted octanol–water partition coefficient (Wildman–Crippen LogP) is 3.92. The molecule has 0 radical (unpaired) electrons. The van der Waals surface area contributed by atoms with Gasteiger partial charge in [0.2, 0.25) is 0 Å². The number of aliphatic hydroxyl groups excluding tert-OH is 1. The SMILES string of the molecule is CCCNC(C)(CO)CC(C)Sc1cc(C)ccc1C. The Morgan fingerprint density at radius 2 is 2.05 bits per heavy atom. The number of aryl methyl sites for hydroxylation is 2. The topological polar surface area (TPSA) is 32.3 Å². The van der Waals surface area contributed by atoms with Gasteiger partial charge >= 0.3 is 0 Å². The van der Waals surface area contributed by atoms with Gasteiger partial charge in [0, 0.05) is 15.7 Å². The van der Waals surface area contributed by atoms with Crippen molar-refractivity contribution in [1.82, 2.24) is 5.32 Å². The van der Waals surface area contributed by atoms with Crippen LogP contribution in [-0.4, -0.2) is 29.0 Å². The average molecular weight is 295 g/mol. The molecule has 0 aliphatic heterocycles. The van der Waals surface area contributed by atoms with E-state index in [-0.39, 0.29) is 12.1 Å². The highest BCUT2D eigenvalue weighted by Gasteiger charge is 2.25. The lowest BCUT2D eigenvalue weighted by Gasteiger charge is -2.31. The molecule has 0 bridgehead atoms. The third kappa shape index (κ3) is 5.47. The van der Waals surface area contributed by atoms with E-state index in [1.54, 1.807) is 0 Å². The quantitative estimate of drug-likeness (QED) is 0.713. The van der Waals surface area contributed by atoms with Gasteiger partial charge in [0.05, 0.1) is 6.61 Å². The normalized spacial score (nSPS) is 15.9. The molecule has 0 aliphatic rings. The standard InChI is InChI=1S/C17H29NOS/c1-6-9-18-17(5,12-19)11-15(4)20-16-10-13(2)7-8-14(16)3/h7-8,10,15,18-19H,6,9,11-12H2,1-5H3. The fourth-order valence-corrected chi connectivity index (χ4v) is 3.74. The van der Waals surface area contributed by atoms with Crippen molar-refractivity contribution in [2.24, 2.45) is 0 Å². The molecule has 2 N–H and O–H groups in total. The summed E-state index contributed by atoms with van der Waals surface area (Å²) in [6.07, 6.45) is 2.05. The van der Waals surface area contributed by atoms with Gasteiger partial charge in [-0.05, 0) is 51.8 Å². The van der Waals surface area contributed by atoms with Gasteiger partial charge in [-0.3, -0.25) is 0 Å². The van der Waals surface area contributed by atoms with Crippen molar-refractivity contribution < 1.29 is 5.11 Å². The molecule has 0 heterocycles. The Hall–Kier alpha value is -0.510. The average Bonchev–Trinajstić information content (AvgIpc) is 2.40. The van der Waals surface area contributed by atoms with Crippen molar-refractivity contribution in [2.45, 2.75) is 63.1 Å². The highest BCUT2D eigenvalue weighted by atomic mass is 32.2. The van der Waals surface area contributed by atoms with Crippen LogP contribution in [0.3, 0.4) is 0 Å². The van der Waals surface area contributed by atoms with Crippen molar-refractivity contribution in [3.8, 4) is 0 Å². The number of thioether (sulfide) groups is 1. The van der Waals surface area contributed by atoms with Crippen LogP contribution in [0, 0.1) is 13.8 Å². The largest absolute Gasteiger partial charge is 0.394 e. The van der Waals surface area contributed by atoms with Gasteiger partial charge < -0.3 is 10.4 Å². The number of hydrogen-bond donors (Lipinski definition) is 2. The van der Waals surface area contributed by atoms with Gasteiger partial charge in [-0.2, -0.15) is 0 Å². The summed E-state index contributed by atoms with van der Waals surface area (Å²) >= 11 is 1.91. The molecule has 0 saturated carbocycles. The number of nitrogens with one attached hydrogen (secondary N) is 1. The van der Waals surface area contributed by atoms with E-state index >= 15 is 0 Å². The van der Waals surface area contributed by atoms with E-state index in [4.69, 9.17) is 0 Å². The van der Waals surface area contributed by atoms with Crippen LogP contribution in [-0.2, 0) is 0 Å². The summed E-state index contributed by atoms with van der Waals surface area (Å²) in [4.78, 5) is 1.35. The van der Waals surface area contributed by atoms with Gasteiger partial charge in [-0.15, -0.1) is 11.8 Å². The number of benzene rings is 1. The van der Waals surface area contributed by atoms with E-state index in [9.17, 15) is 5.11 Å². The van der Waals surface area contributed by atoms with Gasteiger partial charge in [0.25, 0.3) is 0 Å². The third-order valence-corrected chi connectivity index (χ3v) is 4.82. The molecule has 2 unspecified atom stereocenters. The van der Waals surface area contributed by atoms with Crippen molar-refractivity contribution in [3.63, 3.8) is 0 Å². The van der Waals surface area contributed by atoms with Crippen molar-refractivity contribution in [3.05, 3.63) is 29.3 Å². The van der Waals surface area contributed by atoms with E-state index in [1.165, 1.54) is 16.0 Å². The van der Waals surface area contributed by atoms with E-state index in [0.29, 0.717) is 5.25 Å². The second-order valence-electron chi connectivity index (χ2n) is 6.05. The summed E-state index contributed by atoms with van der Waals surface area (Å²) in [5.41, 5.74) is 2.46.